The molecule has 0 fully saturated rings. The maximum absolute atomic E-state index is 12.4. The number of unbranched alkanes of at least 4 members (excludes halogenated alkanes) is 2. The third kappa shape index (κ3) is 3.83. The van der Waals surface area contributed by atoms with E-state index in [2.05, 4.69) is 13.0 Å². The van der Waals surface area contributed by atoms with E-state index < -0.39 is 0 Å². The molecule has 0 radical (unpaired) electrons. The maximum atomic E-state index is 12.4. The highest BCUT2D eigenvalue weighted by molar-refractivity contribution is 7.14. The molecule has 1 aromatic rings. The van der Waals surface area contributed by atoms with Gasteiger partial charge in [0.15, 0.2) is 0 Å². The molecule has 1 amide bonds. The van der Waals surface area contributed by atoms with Crippen LogP contribution in [0.3, 0.4) is 0 Å². The van der Waals surface area contributed by atoms with Crippen molar-refractivity contribution in [2.24, 2.45) is 5.92 Å². The van der Waals surface area contributed by atoms with E-state index in [1.54, 1.807) is 11.3 Å². The fourth-order valence-corrected chi connectivity index (χ4v) is 3.94. The van der Waals surface area contributed by atoms with E-state index >= 15 is 0 Å². The van der Waals surface area contributed by atoms with Crippen LogP contribution in [0, 0.1) is 5.92 Å². The first-order chi connectivity index (χ1) is 9.61. The Morgan fingerprint density at radius 3 is 3.00 bits per heavy atom. The van der Waals surface area contributed by atoms with Crippen LogP contribution in [0.4, 0.5) is 0 Å². The number of fused-ring (bicyclic) bond motifs is 1. The zero-order chi connectivity index (χ0) is 14.5. The number of nitrogens with zero attached hydrogens (tertiary/aromatic N) is 1. The molecule has 4 heteroatoms. The third-order valence-corrected chi connectivity index (χ3v) is 5.26. The highest BCUT2D eigenvalue weighted by Gasteiger charge is 2.22. The lowest BCUT2D eigenvalue weighted by molar-refractivity contribution is 0.0797. The highest BCUT2D eigenvalue weighted by Crippen LogP contribution is 2.32. The van der Waals surface area contributed by atoms with Crippen LogP contribution in [0.15, 0.2) is 6.07 Å². The van der Waals surface area contributed by atoms with Crippen LogP contribution in [0.5, 0.6) is 0 Å². The van der Waals surface area contributed by atoms with E-state index in [1.165, 1.54) is 16.9 Å². The molecule has 20 heavy (non-hydrogen) atoms. The van der Waals surface area contributed by atoms with Gasteiger partial charge in [-0.05, 0) is 56.1 Å². The Morgan fingerprint density at radius 2 is 2.25 bits per heavy atom. The molecule has 2 rings (SSSR count). The molecule has 0 aromatic carbocycles. The molecule has 0 bridgehead atoms. The molecule has 0 aliphatic heterocycles. The molecule has 1 aliphatic carbocycles. The van der Waals surface area contributed by atoms with Gasteiger partial charge in [-0.2, -0.15) is 0 Å². The lowest BCUT2D eigenvalue weighted by atomic mass is 9.90. The van der Waals surface area contributed by atoms with Crippen LogP contribution in [-0.4, -0.2) is 36.1 Å². The predicted octanol–water partition coefficient (Wildman–Crippen LogP) is 3.11. The summed E-state index contributed by atoms with van der Waals surface area (Å²) in [5.74, 6) is 0.900. The van der Waals surface area contributed by atoms with E-state index in [1.807, 2.05) is 11.9 Å². The predicted molar refractivity (Wildman–Crippen MR) is 83.4 cm³/mol. The average molecular weight is 295 g/mol. The minimum Gasteiger partial charge on any atom is -0.396 e. The number of rotatable bonds is 6. The Kier molecular flexibility index (Phi) is 5.61. The van der Waals surface area contributed by atoms with Crippen molar-refractivity contribution in [1.29, 1.82) is 0 Å². The first-order valence-corrected chi connectivity index (χ1v) is 8.41. The number of aliphatic hydroxyl groups is 1. The second-order valence-corrected chi connectivity index (χ2v) is 7.05. The van der Waals surface area contributed by atoms with Gasteiger partial charge in [-0.1, -0.05) is 6.92 Å². The zero-order valence-electron chi connectivity index (χ0n) is 12.5. The van der Waals surface area contributed by atoms with E-state index in [-0.39, 0.29) is 12.5 Å². The van der Waals surface area contributed by atoms with E-state index in [9.17, 15) is 4.79 Å². The normalized spacial score (nSPS) is 17.9. The summed E-state index contributed by atoms with van der Waals surface area (Å²) in [6.45, 7) is 3.31. The maximum Gasteiger partial charge on any atom is 0.263 e. The average Bonchev–Trinajstić information content (AvgIpc) is 2.85. The monoisotopic (exact) mass is 295 g/mol. The molecule has 1 unspecified atom stereocenters. The summed E-state index contributed by atoms with van der Waals surface area (Å²) in [5, 5.41) is 8.75. The zero-order valence-corrected chi connectivity index (χ0v) is 13.3. The van der Waals surface area contributed by atoms with Crippen LogP contribution in [0.1, 0.15) is 52.7 Å². The summed E-state index contributed by atoms with van der Waals surface area (Å²) in [6.07, 6.45) is 6.27. The molecule has 0 spiro atoms. The van der Waals surface area contributed by atoms with E-state index in [4.69, 9.17) is 5.11 Å². The standard InChI is InChI=1S/C16H25NO2S/c1-12-6-7-14-13(10-12)11-15(20-14)16(19)17(2)8-4-3-5-9-18/h11-12,18H,3-10H2,1-2H3. The van der Waals surface area contributed by atoms with Crippen molar-refractivity contribution in [2.45, 2.75) is 45.4 Å². The summed E-state index contributed by atoms with van der Waals surface area (Å²) in [4.78, 5) is 16.5. The Hall–Kier alpha value is -0.870. The van der Waals surface area contributed by atoms with Gasteiger partial charge in [-0.25, -0.2) is 0 Å². The summed E-state index contributed by atoms with van der Waals surface area (Å²) >= 11 is 1.69. The van der Waals surface area contributed by atoms with Crippen LogP contribution >= 0.6 is 11.3 Å². The Bertz CT molecular complexity index is 455. The number of aliphatic hydroxyl groups excluding tert-OH is 1. The third-order valence-electron chi connectivity index (χ3n) is 4.04. The molecule has 3 nitrogen and oxygen atoms in total. The summed E-state index contributed by atoms with van der Waals surface area (Å²) in [7, 11) is 1.88. The summed E-state index contributed by atoms with van der Waals surface area (Å²) < 4.78 is 0. The first kappa shape index (κ1) is 15.5. The van der Waals surface area contributed by atoms with Crippen LogP contribution in [0.2, 0.25) is 0 Å². The van der Waals surface area contributed by atoms with Crippen molar-refractivity contribution in [3.8, 4) is 0 Å². The molecule has 1 N–H and O–H groups in total. The van der Waals surface area contributed by atoms with Crippen molar-refractivity contribution < 1.29 is 9.90 Å². The summed E-state index contributed by atoms with van der Waals surface area (Å²) in [6, 6.07) is 2.11. The first-order valence-electron chi connectivity index (χ1n) is 7.59. The van der Waals surface area contributed by atoms with Gasteiger partial charge in [-0.15, -0.1) is 11.3 Å². The number of hydrogen-bond acceptors (Lipinski definition) is 3. The molecule has 1 atom stereocenters. The van der Waals surface area contributed by atoms with Crippen molar-refractivity contribution in [1.82, 2.24) is 4.90 Å². The van der Waals surface area contributed by atoms with Crippen molar-refractivity contribution >= 4 is 17.2 Å². The van der Waals surface area contributed by atoms with Crippen molar-refractivity contribution in [2.75, 3.05) is 20.2 Å². The van der Waals surface area contributed by atoms with Crippen LogP contribution < -0.4 is 0 Å². The molecule has 1 aliphatic rings. The molecular weight excluding hydrogens is 270 g/mol. The van der Waals surface area contributed by atoms with Gasteiger partial charge in [0.2, 0.25) is 0 Å². The SMILES string of the molecule is CC1CCc2sc(C(=O)N(C)CCCCCO)cc2C1. The minimum absolute atomic E-state index is 0.154. The van der Waals surface area contributed by atoms with Gasteiger partial charge in [0.25, 0.3) is 5.91 Å². The Balaban J connectivity index is 1.92. The minimum atomic E-state index is 0.154. The fourth-order valence-electron chi connectivity index (χ4n) is 2.74. The molecule has 0 saturated heterocycles. The molecule has 0 saturated carbocycles. The van der Waals surface area contributed by atoms with Gasteiger partial charge in [0.1, 0.15) is 0 Å². The number of carbonyl (C=O) groups excluding carboxylic acids is 1. The van der Waals surface area contributed by atoms with Crippen molar-refractivity contribution in [3.63, 3.8) is 0 Å². The lowest BCUT2D eigenvalue weighted by Gasteiger charge is -2.16. The van der Waals surface area contributed by atoms with E-state index in [0.29, 0.717) is 0 Å². The molecule has 112 valence electrons. The van der Waals surface area contributed by atoms with Gasteiger partial charge in [-0.3, -0.25) is 4.79 Å². The van der Waals surface area contributed by atoms with E-state index in [0.717, 1.165) is 49.4 Å². The van der Waals surface area contributed by atoms with Crippen LogP contribution in [-0.2, 0) is 12.8 Å². The second kappa shape index (κ2) is 7.23. The van der Waals surface area contributed by atoms with Gasteiger partial charge < -0.3 is 10.0 Å². The van der Waals surface area contributed by atoms with Crippen molar-refractivity contribution in [3.05, 3.63) is 21.4 Å². The largest absolute Gasteiger partial charge is 0.396 e. The Morgan fingerprint density at radius 1 is 1.45 bits per heavy atom. The van der Waals surface area contributed by atoms with Gasteiger partial charge >= 0.3 is 0 Å². The highest BCUT2D eigenvalue weighted by atomic mass is 32.1. The smallest absolute Gasteiger partial charge is 0.263 e. The number of carbonyl (C=O) groups is 1. The number of amides is 1. The Labute approximate surface area is 125 Å². The fraction of sp³-hybridized carbons (Fsp3) is 0.688. The van der Waals surface area contributed by atoms with Gasteiger partial charge in [0, 0.05) is 25.1 Å². The number of aryl methyl sites for hydroxylation is 1. The molecule has 1 heterocycles. The quantitative estimate of drug-likeness (QED) is 0.819. The van der Waals surface area contributed by atoms with Gasteiger partial charge in [0.05, 0.1) is 4.88 Å². The molecule has 1 aromatic heterocycles. The summed E-state index contributed by atoms with van der Waals surface area (Å²) in [5.41, 5.74) is 1.39. The topological polar surface area (TPSA) is 40.5 Å². The van der Waals surface area contributed by atoms with Crippen LogP contribution in [0.25, 0.3) is 0 Å². The lowest BCUT2D eigenvalue weighted by Crippen LogP contribution is -2.27. The number of hydrogen-bond donors (Lipinski definition) is 1. The molecular formula is C16H25NO2S. The number of thiophene rings is 1. The second-order valence-electron chi connectivity index (χ2n) is 5.92.